The zero-order valence-corrected chi connectivity index (χ0v) is 15.3. The van der Waals surface area contributed by atoms with Gasteiger partial charge in [0.1, 0.15) is 11.6 Å². The number of hydrogen-bond donors (Lipinski definition) is 1. The van der Waals surface area contributed by atoms with Gasteiger partial charge in [-0.15, -0.1) is 12.4 Å². The van der Waals surface area contributed by atoms with E-state index in [1.54, 1.807) is 24.3 Å². The minimum Gasteiger partial charge on any atom is -0.313 e. The summed E-state index contributed by atoms with van der Waals surface area (Å²) in [5, 5.41) is 3.56. The molecule has 4 nitrogen and oxygen atoms in total. The van der Waals surface area contributed by atoms with Crippen LogP contribution in [0.5, 0.6) is 0 Å². The van der Waals surface area contributed by atoms with Gasteiger partial charge in [0.05, 0.1) is 6.04 Å². The van der Waals surface area contributed by atoms with Gasteiger partial charge in [-0.25, -0.2) is 17.2 Å². The molecule has 1 aliphatic heterocycles. The molecule has 1 saturated heterocycles. The summed E-state index contributed by atoms with van der Waals surface area (Å²) < 4.78 is 54.9. The highest BCUT2D eigenvalue weighted by Gasteiger charge is 2.37. The summed E-state index contributed by atoms with van der Waals surface area (Å²) >= 11 is 5.99. The van der Waals surface area contributed by atoms with Gasteiger partial charge >= 0.3 is 0 Å². The van der Waals surface area contributed by atoms with Crippen molar-refractivity contribution < 1.29 is 17.2 Å². The number of hydrogen-bond acceptors (Lipinski definition) is 3. The van der Waals surface area contributed by atoms with Crippen molar-refractivity contribution in [3.05, 3.63) is 64.7 Å². The molecule has 1 N–H and O–H groups in total. The first kappa shape index (κ1) is 20.1. The van der Waals surface area contributed by atoms with Crippen molar-refractivity contribution in [2.75, 3.05) is 19.6 Å². The summed E-state index contributed by atoms with van der Waals surface area (Å²) in [6, 6.07) is 9.19. The van der Waals surface area contributed by atoms with Crippen molar-refractivity contribution in [2.45, 2.75) is 10.9 Å². The Kier molecular flexibility index (Phi) is 6.40. The van der Waals surface area contributed by atoms with Crippen LogP contribution < -0.4 is 5.32 Å². The molecule has 1 aliphatic rings. The van der Waals surface area contributed by atoms with E-state index in [0.29, 0.717) is 23.7 Å². The van der Waals surface area contributed by atoms with Crippen molar-refractivity contribution in [3.8, 4) is 0 Å². The topological polar surface area (TPSA) is 49.4 Å². The summed E-state index contributed by atoms with van der Waals surface area (Å²) in [5.41, 5.74) is 0.662. The third kappa shape index (κ3) is 3.96. The summed E-state index contributed by atoms with van der Waals surface area (Å²) in [5.74, 6) is -2.20. The molecule has 136 valence electrons. The van der Waals surface area contributed by atoms with E-state index >= 15 is 0 Å². The molecule has 0 saturated carbocycles. The number of halogens is 4. The van der Waals surface area contributed by atoms with Crippen LogP contribution in [-0.2, 0) is 10.0 Å². The molecule has 25 heavy (non-hydrogen) atoms. The number of nitrogens with zero attached hydrogens (tertiary/aromatic N) is 1. The van der Waals surface area contributed by atoms with E-state index < -0.39 is 32.6 Å². The van der Waals surface area contributed by atoms with Crippen LogP contribution in [-0.4, -0.2) is 32.4 Å². The maximum absolute atomic E-state index is 14.0. The second-order valence-electron chi connectivity index (χ2n) is 5.44. The van der Waals surface area contributed by atoms with Gasteiger partial charge in [-0.2, -0.15) is 4.31 Å². The van der Waals surface area contributed by atoms with Gasteiger partial charge in [-0.05, 0) is 29.8 Å². The molecule has 1 fully saturated rings. The summed E-state index contributed by atoms with van der Waals surface area (Å²) in [7, 11) is -4.33. The number of rotatable bonds is 3. The quantitative estimate of drug-likeness (QED) is 0.846. The lowest BCUT2D eigenvalue weighted by Gasteiger charge is -2.35. The molecular weight excluding hydrogens is 393 g/mol. The van der Waals surface area contributed by atoms with Crippen molar-refractivity contribution in [2.24, 2.45) is 0 Å². The third-order valence-electron chi connectivity index (χ3n) is 3.91. The van der Waals surface area contributed by atoms with Gasteiger partial charge in [-0.3, -0.25) is 0 Å². The van der Waals surface area contributed by atoms with E-state index in [1.165, 1.54) is 0 Å². The molecule has 3 rings (SSSR count). The second kappa shape index (κ2) is 7.97. The van der Waals surface area contributed by atoms with E-state index in [4.69, 9.17) is 11.6 Å². The van der Waals surface area contributed by atoms with Gasteiger partial charge < -0.3 is 5.32 Å². The average Bonchev–Trinajstić information content (AvgIpc) is 2.54. The molecule has 1 atom stereocenters. The van der Waals surface area contributed by atoms with Crippen molar-refractivity contribution in [3.63, 3.8) is 0 Å². The van der Waals surface area contributed by atoms with Gasteiger partial charge in [0.2, 0.25) is 10.0 Å². The molecule has 0 spiro atoms. The SMILES string of the molecule is Cl.O=S(=O)(c1c(F)cccc1F)N1CCNCC1c1cccc(Cl)c1. The summed E-state index contributed by atoms with van der Waals surface area (Å²) in [6.07, 6.45) is 0. The molecule has 0 aliphatic carbocycles. The van der Waals surface area contributed by atoms with E-state index in [0.717, 1.165) is 22.5 Å². The Morgan fingerprint density at radius 3 is 2.40 bits per heavy atom. The van der Waals surface area contributed by atoms with Crippen LogP contribution in [0.1, 0.15) is 11.6 Å². The Morgan fingerprint density at radius 2 is 1.76 bits per heavy atom. The van der Waals surface area contributed by atoms with E-state index in [9.17, 15) is 17.2 Å². The Hall–Kier alpha value is -1.25. The fourth-order valence-corrected chi connectivity index (χ4v) is 4.74. The molecular formula is C16H16Cl2F2N2O2S. The zero-order valence-electron chi connectivity index (χ0n) is 13.0. The van der Waals surface area contributed by atoms with Crippen molar-refractivity contribution in [1.29, 1.82) is 0 Å². The fourth-order valence-electron chi connectivity index (χ4n) is 2.82. The number of benzene rings is 2. The Bertz CT molecular complexity index is 845. The predicted octanol–water partition coefficient (Wildman–Crippen LogP) is 3.38. The van der Waals surface area contributed by atoms with Crippen LogP contribution in [0.25, 0.3) is 0 Å². The molecule has 0 aromatic heterocycles. The standard InChI is InChI=1S/C16H15ClF2N2O2S.ClH/c17-12-4-1-3-11(9-12)15-10-20-7-8-21(15)24(22,23)16-13(18)5-2-6-14(16)19;/h1-6,9,15,20H,7-8,10H2;1H. The first-order valence-corrected chi connectivity index (χ1v) is 9.15. The van der Waals surface area contributed by atoms with E-state index in [-0.39, 0.29) is 19.0 Å². The van der Waals surface area contributed by atoms with Crippen LogP contribution in [0.4, 0.5) is 8.78 Å². The van der Waals surface area contributed by atoms with Crippen molar-refractivity contribution >= 4 is 34.0 Å². The van der Waals surface area contributed by atoms with E-state index in [2.05, 4.69) is 5.32 Å². The Balaban J connectivity index is 0.00000225. The Labute approximate surface area is 156 Å². The highest BCUT2D eigenvalue weighted by molar-refractivity contribution is 7.89. The predicted molar refractivity (Wildman–Crippen MR) is 94.6 cm³/mol. The van der Waals surface area contributed by atoms with Gasteiger partial charge in [-0.1, -0.05) is 29.8 Å². The fraction of sp³-hybridized carbons (Fsp3) is 0.250. The maximum Gasteiger partial charge on any atom is 0.249 e. The highest BCUT2D eigenvalue weighted by Crippen LogP contribution is 2.32. The van der Waals surface area contributed by atoms with Gasteiger partial charge in [0.25, 0.3) is 0 Å². The normalized spacial score (nSPS) is 18.6. The molecule has 1 unspecified atom stereocenters. The minimum atomic E-state index is -4.33. The lowest BCUT2D eigenvalue weighted by atomic mass is 10.1. The van der Waals surface area contributed by atoms with E-state index in [1.807, 2.05) is 0 Å². The molecule has 2 aromatic rings. The average molecular weight is 409 g/mol. The molecule has 1 heterocycles. The van der Waals surface area contributed by atoms with Crippen LogP contribution in [0, 0.1) is 11.6 Å². The molecule has 2 aromatic carbocycles. The summed E-state index contributed by atoms with van der Waals surface area (Å²) in [6.45, 7) is 0.829. The molecule has 0 bridgehead atoms. The van der Waals surface area contributed by atoms with Crippen LogP contribution in [0.3, 0.4) is 0 Å². The number of sulfonamides is 1. The maximum atomic E-state index is 14.0. The highest BCUT2D eigenvalue weighted by atomic mass is 35.5. The zero-order chi connectivity index (χ0) is 17.3. The molecule has 0 amide bonds. The van der Waals surface area contributed by atoms with Crippen LogP contribution in [0.15, 0.2) is 47.4 Å². The largest absolute Gasteiger partial charge is 0.313 e. The summed E-state index contributed by atoms with van der Waals surface area (Å²) in [4.78, 5) is -0.918. The molecule has 0 radical (unpaired) electrons. The monoisotopic (exact) mass is 408 g/mol. The first-order valence-electron chi connectivity index (χ1n) is 7.33. The van der Waals surface area contributed by atoms with Crippen LogP contribution in [0.2, 0.25) is 5.02 Å². The smallest absolute Gasteiger partial charge is 0.249 e. The third-order valence-corrected chi connectivity index (χ3v) is 6.11. The molecule has 9 heteroatoms. The lowest BCUT2D eigenvalue weighted by molar-refractivity contribution is 0.269. The van der Waals surface area contributed by atoms with Crippen molar-refractivity contribution in [1.82, 2.24) is 9.62 Å². The number of nitrogens with one attached hydrogen (secondary N) is 1. The number of piperazine rings is 1. The van der Waals surface area contributed by atoms with Gasteiger partial charge in [0.15, 0.2) is 4.90 Å². The van der Waals surface area contributed by atoms with Crippen LogP contribution >= 0.6 is 24.0 Å². The minimum absolute atomic E-state index is 0. The second-order valence-corrected chi connectivity index (χ2v) is 7.71. The first-order chi connectivity index (χ1) is 11.4. The van der Waals surface area contributed by atoms with Gasteiger partial charge in [0, 0.05) is 24.7 Å². The lowest BCUT2D eigenvalue weighted by Crippen LogP contribution is -2.48. The Morgan fingerprint density at radius 1 is 1.12 bits per heavy atom.